The van der Waals surface area contributed by atoms with Crippen LogP contribution in [0.3, 0.4) is 0 Å². The van der Waals surface area contributed by atoms with Crippen LogP contribution in [0.25, 0.3) is 33.4 Å². The van der Waals surface area contributed by atoms with Crippen LogP contribution < -0.4 is 0 Å². The Bertz CT molecular complexity index is 1320. The maximum atomic E-state index is 2.31. The van der Waals surface area contributed by atoms with Gasteiger partial charge >= 0.3 is 0 Å². The number of rotatable bonds is 8. The third-order valence-electron chi connectivity index (χ3n) is 6.54. The zero-order valence-electron chi connectivity index (χ0n) is 19.5. The van der Waals surface area contributed by atoms with Crippen molar-refractivity contribution in [3.8, 4) is 33.4 Å². The normalized spacial score (nSPS) is 10.8. The fourth-order valence-corrected chi connectivity index (χ4v) is 4.88. The summed E-state index contributed by atoms with van der Waals surface area (Å²) in [5.41, 5.74) is 10.8. The van der Waals surface area contributed by atoms with Crippen molar-refractivity contribution in [2.45, 2.75) is 25.7 Å². The van der Waals surface area contributed by atoms with Gasteiger partial charge in [-0.2, -0.15) is 0 Å². The third kappa shape index (κ3) is 5.02. The van der Waals surface area contributed by atoms with Crippen LogP contribution in [-0.4, -0.2) is 0 Å². The smallest absolute Gasteiger partial charge is 0.00733 e. The highest BCUT2D eigenvalue weighted by Crippen LogP contribution is 2.36. The van der Waals surface area contributed by atoms with Gasteiger partial charge in [0.2, 0.25) is 0 Å². The summed E-state index contributed by atoms with van der Waals surface area (Å²) < 4.78 is 0. The molecule has 0 radical (unpaired) electrons. The van der Waals surface area contributed by atoms with Gasteiger partial charge in [-0.05, 0) is 70.2 Å². The molecule has 5 rings (SSSR count). The molecule has 34 heavy (non-hydrogen) atoms. The molecule has 0 aliphatic carbocycles. The Morgan fingerprint density at radius 3 is 1.41 bits per heavy atom. The van der Waals surface area contributed by atoms with Crippen molar-refractivity contribution in [2.24, 2.45) is 0 Å². The van der Waals surface area contributed by atoms with Crippen LogP contribution in [0.2, 0.25) is 0 Å². The maximum absolute atomic E-state index is 2.31. The summed E-state index contributed by atoms with van der Waals surface area (Å²) in [6.45, 7) is 0. The van der Waals surface area contributed by atoms with E-state index >= 15 is 0 Å². The molecule has 0 aromatic heterocycles. The van der Waals surface area contributed by atoms with Crippen LogP contribution in [0.1, 0.15) is 24.0 Å². The van der Waals surface area contributed by atoms with E-state index in [0.717, 1.165) is 12.8 Å². The molecular weight excluding hydrogens is 408 g/mol. The van der Waals surface area contributed by atoms with E-state index in [1.54, 1.807) is 0 Å². The van der Waals surface area contributed by atoms with E-state index in [2.05, 4.69) is 133 Å². The van der Waals surface area contributed by atoms with Gasteiger partial charge in [-0.15, -0.1) is 0 Å². The van der Waals surface area contributed by atoms with Crippen molar-refractivity contribution < 1.29 is 0 Å². The van der Waals surface area contributed by atoms with Crippen molar-refractivity contribution in [1.82, 2.24) is 0 Å². The van der Waals surface area contributed by atoms with Gasteiger partial charge in [-0.3, -0.25) is 0 Å². The molecule has 5 aromatic rings. The Kier molecular flexibility index (Phi) is 6.97. The highest BCUT2D eigenvalue weighted by Gasteiger charge is 2.12. The standard InChI is InChI=1S/C34H30/c1-4-15-27(16-5-1)32-25-13-12-20-28(32)19-10-11-23-31-24-14-26-33(29-17-6-2-7-18-29)34(31)30-21-8-3-9-22-30/h1-9,12-18,20-22,24-26H,10-11,19,23H2. The number of benzene rings is 5. The first-order valence-electron chi connectivity index (χ1n) is 12.3. The zero-order valence-corrected chi connectivity index (χ0v) is 19.5. The van der Waals surface area contributed by atoms with Gasteiger partial charge in [-0.25, -0.2) is 0 Å². The van der Waals surface area contributed by atoms with E-state index in [-0.39, 0.29) is 0 Å². The summed E-state index contributed by atoms with van der Waals surface area (Å²) in [4.78, 5) is 0. The average Bonchev–Trinajstić information content (AvgIpc) is 2.92. The molecule has 0 saturated carbocycles. The first-order chi connectivity index (χ1) is 16.9. The summed E-state index contributed by atoms with van der Waals surface area (Å²) in [6.07, 6.45) is 4.53. The van der Waals surface area contributed by atoms with Crippen LogP contribution in [-0.2, 0) is 12.8 Å². The molecule has 0 nitrogen and oxygen atoms in total. The van der Waals surface area contributed by atoms with E-state index in [4.69, 9.17) is 0 Å². The predicted molar refractivity (Wildman–Crippen MR) is 146 cm³/mol. The minimum atomic E-state index is 1.08. The average molecular weight is 439 g/mol. The molecule has 0 aliphatic rings. The van der Waals surface area contributed by atoms with Crippen LogP contribution in [0, 0.1) is 0 Å². The van der Waals surface area contributed by atoms with Gasteiger partial charge in [0.15, 0.2) is 0 Å². The summed E-state index contributed by atoms with van der Waals surface area (Å²) in [5.74, 6) is 0. The molecule has 0 spiro atoms. The number of unbranched alkanes of at least 4 members (excludes halogenated alkanes) is 1. The minimum Gasteiger partial charge on any atom is -0.0622 e. The van der Waals surface area contributed by atoms with Gasteiger partial charge in [-0.1, -0.05) is 133 Å². The lowest BCUT2D eigenvalue weighted by Gasteiger charge is -2.16. The Labute approximate surface area is 203 Å². The molecule has 0 amide bonds. The summed E-state index contributed by atoms with van der Waals surface area (Å²) in [6, 6.07) is 48.0. The van der Waals surface area contributed by atoms with Crippen molar-refractivity contribution in [3.63, 3.8) is 0 Å². The van der Waals surface area contributed by atoms with Crippen molar-refractivity contribution in [3.05, 3.63) is 145 Å². The molecule has 5 aromatic carbocycles. The first kappa shape index (κ1) is 21.9. The van der Waals surface area contributed by atoms with Crippen LogP contribution >= 0.6 is 0 Å². The molecule has 0 heteroatoms. The second-order valence-corrected chi connectivity index (χ2v) is 8.80. The summed E-state index contributed by atoms with van der Waals surface area (Å²) in [5, 5.41) is 0. The van der Waals surface area contributed by atoms with Gasteiger partial charge < -0.3 is 0 Å². The van der Waals surface area contributed by atoms with Crippen molar-refractivity contribution in [1.29, 1.82) is 0 Å². The maximum Gasteiger partial charge on any atom is -0.00733 e. The van der Waals surface area contributed by atoms with E-state index in [9.17, 15) is 0 Å². The number of aryl methyl sites for hydroxylation is 2. The lowest BCUT2D eigenvalue weighted by atomic mass is 9.88. The number of hydrogen-bond donors (Lipinski definition) is 0. The first-order valence-corrected chi connectivity index (χ1v) is 12.3. The molecule has 0 saturated heterocycles. The molecule has 0 heterocycles. The fourth-order valence-electron chi connectivity index (χ4n) is 4.88. The Balaban J connectivity index is 1.36. The molecule has 0 bridgehead atoms. The van der Waals surface area contributed by atoms with Gasteiger partial charge in [0.1, 0.15) is 0 Å². The molecule has 166 valence electrons. The van der Waals surface area contributed by atoms with Crippen molar-refractivity contribution >= 4 is 0 Å². The monoisotopic (exact) mass is 438 g/mol. The molecule has 0 N–H and O–H groups in total. The summed E-state index contributed by atoms with van der Waals surface area (Å²) in [7, 11) is 0. The summed E-state index contributed by atoms with van der Waals surface area (Å²) >= 11 is 0. The zero-order chi connectivity index (χ0) is 23.0. The minimum absolute atomic E-state index is 1.08. The number of hydrogen-bond acceptors (Lipinski definition) is 0. The molecule has 0 aliphatic heterocycles. The molecular formula is C34H30. The molecule has 0 unspecified atom stereocenters. The van der Waals surface area contributed by atoms with Gasteiger partial charge in [0.25, 0.3) is 0 Å². The van der Waals surface area contributed by atoms with Gasteiger partial charge in [0.05, 0.1) is 0 Å². The van der Waals surface area contributed by atoms with E-state index in [1.165, 1.54) is 57.3 Å². The second kappa shape index (κ2) is 10.8. The fraction of sp³-hybridized carbons (Fsp3) is 0.118. The van der Waals surface area contributed by atoms with E-state index in [0.29, 0.717) is 0 Å². The Morgan fingerprint density at radius 1 is 0.324 bits per heavy atom. The molecule has 0 atom stereocenters. The Hall–Kier alpha value is -3.90. The second-order valence-electron chi connectivity index (χ2n) is 8.80. The van der Waals surface area contributed by atoms with Crippen molar-refractivity contribution in [2.75, 3.05) is 0 Å². The van der Waals surface area contributed by atoms with Crippen LogP contribution in [0.5, 0.6) is 0 Å². The van der Waals surface area contributed by atoms with Crippen LogP contribution in [0.15, 0.2) is 133 Å². The van der Waals surface area contributed by atoms with Gasteiger partial charge in [0, 0.05) is 0 Å². The highest BCUT2D eigenvalue weighted by molar-refractivity contribution is 5.85. The predicted octanol–water partition coefficient (Wildman–Crippen LogP) is 9.25. The lowest BCUT2D eigenvalue weighted by molar-refractivity contribution is 0.736. The SMILES string of the molecule is c1ccc(-c2ccccc2CCCCc2cccc(-c3ccccc3)c2-c2ccccc2)cc1. The highest BCUT2D eigenvalue weighted by atomic mass is 14.2. The van der Waals surface area contributed by atoms with E-state index < -0.39 is 0 Å². The Morgan fingerprint density at radius 2 is 0.765 bits per heavy atom. The largest absolute Gasteiger partial charge is 0.0622 e. The lowest BCUT2D eigenvalue weighted by Crippen LogP contribution is -1.96. The quantitative estimate of drug-likeness (QED) is 0.212. The van der Waals surface area contributed by atoms with E-state index in [1.807, 2.05) is 0 Å². The third-order valence-corrected chi connectivity index (χ3v) is 6.54. The molecule has 0 fully saturated rings. The topological polar surface area (TPSA) is 0 Å². The van der Waals surface area contributed by atoms with Crippen LogP contribution in [0.4, 0.5) is 0 Å².